The van der Waals surface area contributed by atoms with Gasteiger partial charge >= 0.3 is 12.1 Å². The van der Waals surface area contributed by atoms with Gasteiger partial charge in [-0.3, -0.25) is 0 Å². The van der Waals surface area contributed by atoms with Crippen LogP contribution in [0.15, 0.2) is 16.5 Å². The van der Waals surface area contributed by atoms with Crippen LogP contribution in [-0.4, -0.2) is 29.3 Å². The van der Waals surface area contributed by atoms with Crippen LogP contribution in [-0.2, 0) is 4.74 Å². The van der Waals surface area contributed by atoms with E-state index in [2.05, 4.69) is 17.2 Å². The van der Waals surface area contributed by atoms with E-state index in [1.165, 1.54) is 12.1 Å². The lowest BCUT2D eigenvalue weighted by Gasteiger charge is -2.18. The quantitative estimate of drug-likeness (QED) is 0.797. The Morgan fingerprint density at radius 3 is 2.63 bits per heavy atom. The number of carbonyl (C=O) groups is 2. The molecule has 2 N–H and O–H groups in total. The van der Waals surface area contributed by atoms with Crippen molar-refractivity contribution in [2.45, 2.75) is 26.4 Å². The van der Waals surface area contributed by atoms with E-state index in [4.69, 9.17) is 14.3 Å². The highest BCUT2D eigenvalue weighted by Crippen LogP contribution is 2.06. The van der Waals surface area contributed by atoms with Gasteiger partial charge in [-0.2, -0.15) is 0 Å². The minimum atomic E-state index is -1.15. The van der Waals surface area contributed by atoms with Gasteiger partial charge in [0.25, 0.3) is 0 Å². The number of carboxylic acid groups (broad SMARTS) is 1. The molecular weight excluding hydrogens is 250 g/mol. The highest BCUT2D eigenvalue weighted by molar-refractivity contribution is 5.84. The van der Waals surface area contributed by atoms with E-state index in [0.717, 1.165) is 0 Å². The molecular formula is C13H15NO5. The molecule has 0 aliphatic heterocycles. The molecule has 1 aromatic rings. The van der Waals surface area contributed by atoms with Gasteiger partial charge in [0.2, 0.25) is 5.76 Å². The molecule has 0 aromatic carbocycles. The van der Waals surface area contributed by atoms with Crippen LogP contribution in [0.1, 0.15) is 37.1 Å². The maximum Gasteiger partial charge on any atom is 0.408 e. The predicted molar refractivity (Wildman–Crippen MR) is 66.8 cm³/mol. The number of nitrogens with one attached hydrogen (secondary N) is 1. The summed E-state index contributed by atoms with van der Waals surface area (Å²) in [7, 11) is 0. The Labute approximate surface area is 110 Å². The van der Waals surface area contributed by atoms with Gasteiger partial charge in [0, 0.05) is 0 Å². The van der Waals surface area contributed by atoms with Gasteiger partial charge in [-0.1, -0.05) is 5.92 Å². The SMILES string of the molecule is CC(C)(C)OC(=O)NCC#Cc1ccc(C(=O)O)o1. The van der Waals surface area contributed by atoms with Crippen LogP contribution < -0.4 is 5.32 Å². The van der Waals surface area contributed by atoms with E-state index < -0.39 is 17.7 Å². The van der Waals surface area contributed by atoms with Crippen molar-refractivity contribution in [1.29, 1.82) is 0 Å². The number of carboxylic acids is 1. The zero-order chi connectivity index (χ0) is 14.5. The summed E-state index contributed by atoms with van der Waals surface area (Å²) in [5, 5.41) is 11.1. The number of rotatable bonds is 2. The molecule has 1 aromatic heterocycles. The molecule has 0 aliphatic carbocycles. The molecule has 19 heavy (non-hydrogen) atoms. The number of carbonyl (C=O) groups excluding carboxylic acids is 1. The molecule has 0 radical (unpaired) electrons. The van der Waals surface area contributed by atoms with Crippen molar-refractivity contribution in [3.05, 3.63) is 23.7 Å². The number of amides is 1. The van der Waals surface area contributed by atoms with Crippen molar-refractivity contribution in [1.82, 2.24) is 5.32 Å². The molecule has 0 unspecified atom stereocenters. The molecule has 0 saturated heterocycles. The van der Waals surface area contributed by atoms with Crippen LogP contribution in [0.25, 0.3) is 0 Å². The Hall–Kier alpha value is -2.42. The predicted octanol–water partition coefficient (Wildman–Crippen LogP) is 1.85. The average Bonchev–Trinajstić information content (AvgIpc) is 2.70. The number of hydrogen-bond acceptors (Lipinski definition) is 4. The first kappa shape index (κ1) is 14.6. The van der Waals surface area contributed by atoms with Gasteiger partial charge in [0.1, 0.15) is 5.60 Å². The van der Waals surface area contributed by atoms with Crippen LogP contribution in [0.3, 0.4) is 0 Å². The van der Waals surface area contributed by atoms with Gasteiger partial charge in [-0.15, -0.1) is 0 Å². The summed E-state index contributed by atoms with van der Waals surface area (Å²) in [5.74, 6) is 4.11. The molecule has 1 rings (SSSR count). The average molecular weight is 265 g/mol. The van der Waals surface area contributed by atoms with Crippen LogP contribution in [0, 0.1) is 11.8 Å². The van der Waals surface area contributed by atoms with Gasteiger partial charge in [-0.25, -0.2) is 9.59 Å². The Bertz CT molecular complexity index is 527. The van der Waals surface area contributed by atoms with E-state index in [9.17, 15) is 9.59 Å². The van der Waals surface area contributed by atoms with Crippen molar-refractivity contribution in [3.8, 4) is 11.8 Å². The van der Waals surface area contributed by atoms with E-state index >= 15 is 0 Å². The van der Waals surface area contributed by atoms with Gasteiger partial charge in [0.05, 0.1) is 6.54 Å². The molecule has 102 valence electrons. The number of hydrogen-bond donors (Lipinski definition) is 2. The number of alkyl carbamates (subject to hydrolysis) is 1. The smallest absolute Gasteiger partial charge is 0.408 e. The maximum atomic E-state index is 11.3. The molecule has 0 atom stereocenters. The lowest BCUT2D eigenvalue weighted by atomic mass is 10.2. The topological polar surface area (TPSA) is 88.8 Å². The highest BCUT2D eigenvalue weighted by atomic mass is 16.6. The second-order valence-corrected chi connectivity index (χ2v) is 4.63. The largest absolute Gasteiger partial charge is 0.475 e. The lowest BCUT2D eigenvalue weighted by molar-refractivity contribution is 0.0534. The fourth-order valence-corrected chi connectivity index (χ4v) is 1.08. The van der Waals surface area contributed by atoms with E-state index in [-0.39, 0.29) is 18.1 Å². The normalized spacial score (nSPS) is 10.3. The summed E-state index contributed by atoms with van der Waals surface area (Å²) in [4.78, 5) is 21.8. The fourth-order valence-electron chi connectivity index (χ4n) is 1.08. The summed E-state index contributed by atoms with van der Waals surface area (Å²) >= 11 is 0. The summed E-state index contributed by atoms with van der Waals surface area (Å²) in [5.41, 5.74) is -0.561. The second-order valence-electron chi connectivity index (χ2n) is 4.63. The fraction of sp³-hybridized carbons (Fsp3) is 0.385. The van der Waals surface area contributed by atoms with Crippen LogP contribution in [0.5, 0.6) is 0 Å². The van der Waals surface area contributed by atoms with Gasteiger partial charge < -0.3 is 19.6 Å². The highest BCUT2D eigenvalue weighted by Gasteiger charge is 2.15. The standard InChI is InChI=1S/C13H15NO5/c1-13(2,3)19-12(17)14-8-4-5-9-6-7-10(18-9)11(15)16/h6-7H,8H2,1-3H3,(H,14,17)(H,15,16). The van der Waals surface area contributed by atoms with Crippen LogP contribution in [0.4, 0.5) is 4.79 Å². The monoisotopic (exact) mass is 265 g/mol. The summed E-state index contributed by atoms with van der Waals surface area (Å²) < 4.78 is 9.92. The Morgan fingerprint density at radius 1 is 1.42 bits per heavy atom. The number of furan rings is 1. The van der Waals surface area contributed by atoms with Crippen molar-refractivity contribution in [2.24, 2.45) is 0 Å². The molecule has 0 saturated carbocycles. The summed E-state index contributed by atoms with van der Waals surface area (Å²) in [6.45, 7) is 5.36. The van der Waals surface area contributed by atoms with Gasteiger partial charge in [0.15, 0.2) is 5.76 Å². The third-order valence-electron chi connectivity index (χ3n) is 1.75. The van der Waals surface area contributed by atoms with Crippen LogP contribution in [0.2, 0.25) is 0 Å². The van der Waals surface area contributed by atoms with Crippen molar-refractivity contribution in [2.75, 3.05) is 6.54 Å². The molecule has 0 bridgehead atoms. The van der Waals surface area contributed by atoms with E-state index in [1.54, 1.807) is 20.8 Å². The molecule has 0 fully saturated rings. The number of ether oxygens (including phenoxy) is 1. The molecule has 6 nitrogen and oxygen atoms in total. The molecule has 6 heteroatoms. The van der Waals surface area contributed by atoms with Gasteiger partial charge in [-0.05, 0) is 38.8 Å². The first-order chi connectivity index (χ1) is 8.78. The molecule has 1 heterocycles. The minimum Gasteiger partial charge on any atom is -0.475 e. The Kier molecular flexibility index (Phi) is 4.59. The summed E-state index contributed by atoms with van der Waals surface area (Å²) in [6.07, 6.45) is -0.563. The Balaban J connectivity index is 2.43. The van der Waals surface area contributed by atoms with E-state index in [1.807, 2.05) is 0 Å². The Morgan fingerprint density at radius 2 is 2.11 bits per heavy atom. The first-order valence-corrected chi connectivity index (χ1v) is 5.57. The maximum absolute atomic E-state index is 11.3. The van der Waals surface area contributed by atoms with Crippen molar-refractivity contribution >= 4 is 12.1 Å². The molecule has 0 spiro atoms. The van der Waals surface area contributed by atoms with Crippen molar-refractivity contribution in [3.63, 3.8) is 0 Å². The number of aromatic carboxylic acids is 1. The zero-order valence-electron chi connectivity index (χ0n) is 10.9. The summed E-state index contributed by atoms with van der Waals surface area (Å²) in [6, 6.07) is 2.76. The van der Waals surface area contributed by atoms with E-state index in [0.29, 0.717) is 0 Å². The molecule has 1 amide bonds. The second kappa shape index (κ2) is 5.96. The van der Waals surface area contributed by atoms with Crippen molar-refractivity contribution < 1.29 is 23.8 Å². The minimum absolute atomic E-state index is 0.0814. The zero-order valence-corrected chi connectivity index (χ0v) is 10.9. The third kappa shape index (κ3) is 5.64. The first-order valence-electron chi connectivity index (χ1n) is 5.57. The third-order valence-corrected chi connectivity index (χ3v) is 1.75. The van der Waals surface area contributed by atoms with Crippen LogP contribution >= 0.6 is 0 Å². The molecule has 0 aliphatic rings. The lowest BCUT2D eigenvalue weighted by Crippen LogP contribution is -2.32.